The van der Waals surface area contributed by atoms with Crippen LogP contribution in [-0.2, 0) is 16.4 Å². The Labute approximate surface area is 120 Å². The number of rotatable bonds is 8. The zero-order chi connectivity index (χ0) is 14.3. The Bertz CT molecular complexity index is 490. The average Bonchev–Trinajstić information content (AvgIpc) is 2.36. The van der Waals surface area contributed by atoms with Gasteiger partial charge in [-0.2, -0.15) is 0 Å². The largest absolute Gasteiger partial charge is 0.496 e. The van der Waals surface area contributed by atoms with Crippen LogP contribution in [0, 0.1) is 0 Å². The summed E-state index contributed by atoms with van der Waals surface area (Å²) in [5.74, 6) is 1.18. The quantitative estimate of drug-likeness (QED) is 0.749. The highest BCUT2D eigenvalue weighted by Gasteiger charge is 2.15. The highest BCUT2D eigenvalue weighted by atomic mass is 35.5. The van der Waals surface area contributed by atoms with E-state index in [0.29, 0.717) is 18.7 Å². The standard InChI is InChI=1S/C13H20ClNO3S/c1-11(15-19(16,17)9-5-8-14)10-12-6-3-4-7-13(12)18-2/h3-4,6-7,11,15H,5,8-10H2,1-2H3. The minimum absolute atomic E-state index is 0.0623. The summed E-state index contributed by atoms with van der Waals surface area (Å²) < 4.78 is 31.4. The van der Waals surface area contributed by atoms with Crippen LogP contribution in [0.4, 0.5) is 0 Å². The van der Waals surface area contributed by atoms with Crippen molar-refractivity contribution in [2.45, 2.75) is 25.8 Å². The third-order valence-corrected chi connectivity index (χ3v) is 4.50. The Kier molecular flexibility index (Phi) is 6.62. The predicted octanol–water partition coefficient (Wildman–Crippen LogP) is 2.17. The first kappa shape index (κ1) is 16.3. The second-order valence-electron chi connectivity index (χ2n) is 4.40. The molecule has 0 radical (unpaired) electrons. The van der Waals surface area contributed by atoms with Crippen LogP contribution in [0.15, 0.2) is 24.3 Å². The Hall–Kier alpha value is -0.780. The summed E-state index contributed by atoms with van der Waals surface area (Å²) in [7, 11) is -1.65. The van der Waals surface area contributed by atoms with Crippen LogP contribution in [0.3, 0.4) is 0 Å². The fraction of sp³-hybridized carbons (Fsp3) is 0.538. The molecule has 1 N–H and O–H groups in total. The average molecular weight is 306 g/mol. The van der Waals surface area contributed by atoms with Crippen molar-refractivity contribution >= 4 is 21.6 Å². The van der Waals surface area contributed by atoms with Gasteiger partial charge in [0.1, 0.15) is 5.75 Å². The van der Waals surface area contributed by atoms with Gasteiger partial charge in [-0.25, -0.2) is 13.1 Å². The van der Waals surface area contributed by atoms with Crippen molar-refractivity contribution in [3.63, 3.8) is 0 Å². The number of ether oxygens (including phenoxy) is 1. The molecular formula is C13H20ClNO3S. The normalized spacial score (nSPS) is 13.2. The lowest BCUT2D eigenvalue weighted by molar-refractivity contribution is 0.407. The number of methoxy groups -OCH3 is 1. The summed E-state index contributed by atoms with van der Waals surface area (Å²) in [4.78, 5) is 0. The van der Waals surface area contributed by atoms with E-state index in [4.69, 9.17) is 16.3 Å². The summed E-state index contributed by atoms with van der Waals surface area (Å²) >= 11 is 5.50. The summed E-state index contributed by atoms with van der Waals surface area (Å²) in [6.45, 7) is 1.84. The van der Waals surface area contributed by atoms with Gasteiger partial charge in [-0.1, -0.05) is 18.2 Å². The van der Waals surface area contributed by atoms with E-state index in [1.54, 1.807) is 7.11 Å². The molecule has 1 rings (SSSR count). The monoisotopic (exact) mass is 305 g/mol. The van der Waals surface area contributed by atoms with Crippen molar-refractivity contribution in [2.75, 3.05) is 18.7 Å². The lowest BCUT2D eigenvalue weighted by atomic mass is 10.1. The molecule has 0 bridgehead atoms. The topological polar surface area (TPSA) is 55.4 Å². The minimum Gasteiger partial charge on any atom is -0.496 e. The molecule has 1 aromatic carbocycles. The molecule has 0 amide bonds. The summed E-state index contributed by atoms with van der Waals surface area (Å²) in [5, 5.41) is 0. The molecule has 0 saturated carbocycles. The molecule has 0 aliphatic rings. The molecule has 0 fully saturated rings. The van der Waals surface area contributed by atoms with Crippen LogP contribution in [0.2, 0.25) is 0 Å². The van der Waals surface area contributed by atoms with Gasteiger partial charge in [0.25, 0.3) is 0 Å². The van der Waals surface area contributed by atoms with E-state index in [1.165, 1.54) is 0 Å². The maximum Gasteiger partial charge on any atom is 0.211 e. The van der Waals surface area contributed by atoms with Crippen molar-refractivity contribution in [2.24, 2.45) is 0 Å². The van der Waals surface area contributed by atoms with Gasteiger partial charge in [0, 0.05) is 11.9 Å². The first-order chi connectivity index (χ1) is 8.98. The minimum atomic E-state index is -3.26. The zero-order valence-corrected chi connectivity index (χ0v) is 12.8. The number of nitrogens with one attached hydrogen (secondary N) is 1. The molecule has 0 heterocycles. The third-order valence-electron chi connectivity index (χ3n) is 2.65. The fourth-order valence-corrected chi connectivity index (χ4v) is 3.48. The number of alkyl halides is 1. The summed E-state index contributed by atoms with van der Waals surface area (Å²) in [6, 6.07) is 7.41. The summed E-state index contributed by atoms with van der Waals surface area (Å²) in [6.07, 6.45) is 1.04. The smallest absolute Gasteiger partial charge is 0.211 e. The number of hydrogen-bond donors (Lipinski definition) is 1. The van der Waals surface area contributed by atoms with Crippen LogP contribution in [0.5, 0.6) is 5.75 Å². The zero-order valence-electron chi connectivity index (χ0n) is 11.2. The molecule has 1 unspecified atom stereocenters. The van der Waals surface area contributed by atoms with E-state index < -0.39 is 10.0 Å². The molecule has 1 atom stereocenters. The maximum absolute atomic E-state index is 11.7. The van der Waals surface area contributed by atoms with Gasteiger partial charge in [-0.15, -0.1) is 11.6 Å². The lowest BCUT2D eigenvalue weighted by Gasteiger charge is -2.15. The van der Waals surface area contributed by atoms with Crippen molar-refractivity contribution in [1.29, 1.82) is 0 Å². The first-order valence-electron chi connectivity index (χ1n) is 6.16. The van der Waals surface area contributed by atoms with Gasteiger partial charge < -0.3 is 4.74 Å². The van der Waals surface area contributed by atoms with Gasteiger partial charge in [0.05, 0.1) is 12.9 Å². The maximum atomic E-state index is 11.7. The highest BCUT2D eigenvalue weighted by molar-refractivity contribution is 7.89. The molecule has 0 saturated heterocycles. The van der Waals surface area contributed by atoms with Crippen molar-refractivity contribution in [1.82, 2.24) is 4.72 Å². The second-order valence-corrected chi connectivity index (χ2v) is 6.65. The van der Waals surface area contributed by atoms with Gasteiger partial charge in [0.2, 0.25) is 10.0 Å². The van der Waals surface area contributed by atoms with Gasteiger partial charge >= 0.3 is 0 Å². The Morgan fingerprint density at radius 2 is 2.05 bits per heavy atom. The number of para-hydroxylation sites is 1. The van der Waals surface area contributed by atoms with E-state index >= 15 is 0 Å². The molecule has 4 nitrogen and oxygen atoms in total. The molecule has 0 aliphatic heterocycles. The molecule has 19 heavy (non-hydrogen) atoms. The predicted molar refractivity (Wildman–Crippen MR) is 78.4 cm³/mol. The summed E-state index contributed by atoms with van der Waals surface area (Å²) in [5.41, 5.74) is 0.984. The molecule has 108 valence electrons. The highest BCUT2D eigenvalue weighted by Crippen LogP contribution is 2.19. The number of benzene rings is 1. The van der Waals surface area contributed by atoms with Gasteiger partial charge in [-0.3, -0.25) is 0 Å². The third kappa shape index (κ3) is 5.80. The van der Waals surface area contributed by atoms with Crippen LogP contribution < -0.4 is 9.46 Å². The number of halogens is 1. The Morgan fingerprint density at radius 3 is 2.68 bits per heavy atom. The van der Waals surface area contributed by atoms with E-state index in [9.17, 15) is 8.42 Å². The van der Waals surface area contributed by atoms with Gasteiger partial charge in [-0.05, 0) is 31.4 Å². The fourth-order valence-electron chi connectivity index (χ4n) is 1.85. The molecule has 1 aromatic rings. The Balaban J connectivity index is 2.62. The van der Waals surface area contributed by atoms with Crippen LogP contribution in [0.25, 0.3) is 0 Å². The molecular weight excluding hydrogens is 286 g/mol. The van der Waals surface area contributed by atoms with Crippen molar-refractivity contribution < 1.29 is 13.2 Å². The van der Waals surface area contributed by atoms with E-state index in [0.717, 1.165) is 11.3 Å². The molecule has 0 aromatic heterocycles. The van der Waals surface area contributed by atoms with Crippen LogP contribution in [-0.4, -0.2) is 33.2 Å². The molecule has 6 heteroatoms. The Morgan fingerprint density at radius 1 is 1.37 bits per heavy atom. The van der Waals surface area contributed by atoms with Crippen molar-refractivity contribution in [3.8, 4) is 5.75 Å². The molecule has 0 spiro atoms. The van der Waals surface area contributed by atoms with E-state index in [-0.39, 0.29) is 11.8 Å². The number of sulfonamides is 1. The van der Waals surface area contributed by atoms with Crippen LogP contribution >= 0.6 is 11.6 Å². The lowest BCUT2D eigenvalue weighted by Crippen LogP contribution is -2.35. The molecule has 0 aliphatic carbocycles. The SMILES string of the molecule is COc1ccccc1CC(C)NS(=O)(=O)CCCCl. The number of hydrogen-bond acceptors (Lipinski definition) is 3. The van der Waals surface area contributed by atoms with Gasteiger partial charge in [0.15, 0.2) is 0 Å². The van der Waals surface area contributed by atoms with E-state index in [2.05, 4.69) is 4.72 Å². The van der Waals surface area contributed by atoms with Crippen LogP contribution in [0.1, 0.15) is 18.9 Å². The van der Waals surface area contributed by atoms with Crippen molar-refractivity contribution in [3.05, 3.63) is 29.8 Å². The second kappa shape index (κ2) is 7.72. The van der Waals surface area contributed by atoms with E-state index in [1.807, 2.05) is 31.2 Å². The first-order valence-corrected chi connectivity index (χ1v) is 8.35.